The third-order valence-electron chi connectivity index (χ3n) is 3.97. The molecular formula is C16H22N3O3S3+. The highest BCUT2D eigenvalue weighted by Crippen LogP contribution is 2.35. The number of quaternary nitrogens is 1. The normalized spacial score (nSPS) is 19.3. The van der Waals surface area contributed by atoms with Gasteiger partial charge in [-0.1, -0.05) is 23.5 Å². The van der Waals surface area contributed by atoms with Gasteiger partial charge in [-0.3, -0.25) is 9.79 Å². The highest BCUT2D eigenvalue weighted by Gasteiger charge is 2.30. The summed E-state index contributed by atoms with van der Waals surface area (Å²) >= 11 is 4.65. The Hall–Kier alpha value is -1.03. The lowest BCUT2D eigenvalue weighted by Gasteiger charge is -2.19. The van der Waals surface area contributed by atoms with E-state index in [2.05, 4.69) is 17.4 Å². The molecule has 0 spiro atoms. The number of anilines is 1. The third-order valence-corrected chi connectivity index (χ3v) is 7.37. The predicted molar refractivity (Wildman–Crippen MR) is 105 cm³/mol. The van der Waals surface area contributed by atoms with Crippen LogP contribution in [0.5, 0.6) is 0 Å². The number of fused-ring (bicyclic) bond motifs is 1. The zero-order chi connectivity index (χ0) is 17.8. The van der Waals surface area contributed by atoms with E-state index in [0.717, 1.165) is 41.7 Å². The van der Waals surface area contributed by atoms with Crippen molar-refractivity contribution in [3.05, 3.63) is 16.0 Å². The molecule has 0 aliphatic carbocycles. The van der Waals surface area contributed by atoms with E-state index in [9.17, 15) is 9.59 Å². The van der Waals surface area contributed by atoms with Gasteiger partial charge in [-0.25, -0.2) is 4.79 Å². The minimum absolute atomic E-state index is 0.106. The van der Waals surface area contributed by atoms with Crippen LogP contribution in [0.4, 0.5) is 5.00 Å². The van der Waals surface area contributed by atoms with Gasteiger partial charge < -0.3 is 15.0 Å². The van der Waals surface area contributed by atoms with Crippen LogP contribution < -0.4 is 10.2 Å². The van der Waals surface area contributed by atoms with E-state index < -0.39 is 0 Å². The summed E-state index contributed by atoms with van der Waals surface area (Å²) in [6.07, 6.45) is 0.837. The smallest absolute Gasteiger partial charge is 0.341 e. The quantitative estimate of drug-likeness (QED) is 0.729. The van der Waals surface area contributed by atoms with Crippen molar-refractivity contribution in [1.82, 2.24) is 0 Å². The fourth-order valence-electron chi connectivity index (χ4n) is 2.82. The van der Waals surface area contributed by atoms with Crippen LogP contribution in [0.1, 0.15) is 27.7 Å². The summed E-state index contributed by atoms with van der Waals surface area (Å²) in [4.78, 5) is 31.7. The van der Waals surface area contributed by atoms with E-state index in [1.54, 1.807) is 18.7 Å². The van der Waals surface area contributed by atoms with Crippen molar-refractivity contribution in [2.24, 2.45) is 4.99 Å². The first-order chi connectivity index (χ1) is 12.1. The molecule has 0 saturated heterocycles. The minimum atomic E-state index is -0.335. The first-order valence-electron chi connectivity index (χ1n) is 8.31. The van der Waals surface area contributed by atoms with Gasteiger partial charge >= 0.3 is 5.97 Å². The summed E-state index contributed by atoms with van der Waals surface area (Å²) in [5.41, 5.74) is 1.60. The van der Waals surface area contributed by atoms with Gasteiger partial charge in [-0.2, -0.15) is 0 Å². The molecule has 1 unspecified atom stereocenters. The van der Waals surface area contributed by atoms with Crippen molar-refractivity contribution in [3.63, 3.8) is 0 Å². The number of rotatable bonds is 5. The summed E-state index contributed by atoms with van der Waals surface area (Å²) < 4.78 is 6.19. The maximum atomic E-state index is 12.4. The molecule has 6 nitrogen and oxygen atoms in total. The first-order valence-corrected chi connectivity index (χ1v) is 11.1. The Balaban J connectivity index is 1.74. The van der Waals surface area contributed by atoms with Crippen molar-refractivity contribution >= 4 is 56.1 Å². The molecule has 1 aromatic rings. The predicted octanol–water partition coefficient (Wildman–Crippen LogP) is 1.27. The first kappa shape index (κ1) is 18.8. The van der Waals surface area contributed by atoms with Gasteiger partial charge in [0, 0.05) is 12.2 Å². The van der Waals surface area contributed by atoms with Gasteiger partial charge in [-0.15, -0.1) is 11.3 Å². The Morgan fingerprint density at radius 3 is 3.00 bits per heavy atom. The number of nitrogens with zero attached hydrogens (tertiary/aromatic N) is 1. The molecule has 1 amide bonds. The van der Waals surface area contributed by atoms with E-state index in [4.69, 9.17) is 4.74 Å². The van der Waals surface area contributed by atoms with Gasteiger partial charge in [0.15, 0.2) is 0 Å². The van der Waals surface area contributed by atoms with E-state index in [1.807, 2.05) is 0 Å². The van der Waals surface area contributed by atoms with Gasteiger partial charge in [0.25, 0.3) is 0 Å². The number of thioether (sulfide) groups is 2. The highest BCUT2D eigenvalue weighted by atomic mass is 32.2. The number of hydrogen-bond donors (Lipinski definition) is 2. The van der Waals surface area contributed by atoms with Crippen LogP contribution in [0.25, 0.3) is 0 Å². The summed E-state index contributed by atoms with van der Waals surface area (Å²) in [6, 6.07) is 0. The van der Waals surface area contributed by atoms with E-state index in [-0.39, 0.29) is 11.9 Å². The molecule has 9 heteroatoms. The van der Waals surface area contributed by atoms with Crippen LogP contribution in [0.2, 0.25) is 0 Å². The van der Waals surface area contributed by atoms with Crippen molar-refractivity contribution in [1.29, 1.82) is 0 Å². The largest absolute Gasteiger partial charge is 0.462 e. The Kier molecular flexibility index (Phi) is 6.43. The number of likely N-dealkylation sites (N-methyl/N-ethyl adjacent to an activating group) is 1. The number of carbonyl (C=O) groups excluding carboxylic acids is 2. The Morgan fingerprint density at radius 1 is 1.44 bits per heavy atom. The number of aliphatic imine (C=N–C) groups is 1. The Bertz CT molecular complexity index is 702. The number of esters is 1. The van der Waals surface area contributed by atoms with Crippen LogP contribution in [0.3, 0.4) is 0 Å². The van der Waals surface area contributed by atoms with Crippen molar-refractivity contribution in [2.45, 2.75) is 19.9 Å². The standard InChI is InChI=1S/C16H21N3O3S3/c1-3-22-15(21)13-10-4-6-19(2)8-11(10)25-14(13)18-12(20)9-24-16-17-5-7-23-16/h3-9H2,1-2H3,(H,18,20)/p+1. The van der Waals surface area contributed by atoms with Gasteiger partial charge in [0.05, 0.1) is 42.9 Å². The SMILES string of the molecule is CCOC(=O)c1c(NC(=O)CSC2=NCCS2)sc2c1CC[NH+](C)C2. The second-order valence-electron chi connectivity index (χ2n) is 5.90. The lowest BCUT2D eigenvalue weighted by atomic mass is 10.0. The fraction of sp³-hybridized carbons (Fsp3) is 0.562. The molecule has 0 aromatic carbocycles. The number of nitrogens with one attached hydrogen (secondary N) is 2. The molecule has 25 heavy (non-hydrogen) atoms. The van der Waals surface area contributed by atoms with Gasteiger partial charge in [-0.05, 0) is 12.5 Å². The van der Waals surface area contributed by atoms with Crippen LogP contribution in [-0.2, 0) is 22.5 Å². The van der Waals surface area contributed by atoms with Crippen LogP contribution in [-0.4, -0.2) is 54.5 Å². The zero-order valence-electron chi connectivity index (χ0n) is 14.3. The Labute approximate surface area is 159 Å². The van der Waals surface area contributed by atoms with E-state index >= 15 is 0 Å². The topological polar surface area (TPSA) is 72.2 Å². The average molecular weight is 401 g/mol. The molecule has 0 fully saturated rings. The summed E-state index contributed by atoms with van der Waals surface area (Å²) in [7, 11) is 2.14. The highest BCUT2D eigenvalue weighted by molar-refractivity contribution is 8.39. The molecule has 136 valence electrons. The lowest BCUT2D eigenvalue weighted by Crippen LogP contribution is -3.08. The number of thiophene rings is 1. The van der Waals surface area contributed by atoms with Gasteiger partial charge in [0.2, 0.25) is 5.91 Å². The molecule has 3 rings (SSSR count). The number of ether oxygens (including phenoxy) is 1. The number of carbonyl (C=O) groups is 2. The summed E-state index contributed by atoms with van der Waals surface area (Å²) in [5, 5.41) is 3.56. The van der Waals surface area contributed by atoms with E-state index in [1.165, 1.54) is 32.9 Å². The average Bonchev–Trinajstić information content (AvgIpc) is 3.19. The number of hydrogen-bond acceptors (Lipinski definition) is 7. The van der Waals surface area contributed by atoms with Crippen LogP contribution >= 0.6 is 34.9 Å². The molecular weight excluding hydrogens is 378 g/mol. The van der Waals surface area contributed by atoms with Crippen molar-refractivity contribution in [2.75, 3.05) is 43.6 Å². The zero-order valence-corrected chi connectivity index (χ0v) is 16.8. The lowest BCUT2D eigenvalue weighted by molar-refractivity contribution is -0.895. The van der Waals surface area contributed by atoms with Crippen LogP contribution in [0.15, 0.2) is 4.99 Å². The second kappa shape index (κ2) is 8.57. The molecule has 0 radical (unpaired) electrons. The molecule has 3 heterocycles. The van der Waals surface area contributed by atoms with E-state index in [0.29, 0.717) is 22.9 Å². The third kappa shape index (κ3) is 4.58. The van der Waals surface area contributed by atoms with Crippen molar-refractivity contribution < 1.29 is 19.2 Å². The monoisotopic (exact) mass is 400 g/mol. The summed E-state index contributed by atoms with van der Waals surface area (Å²) in [6.45, 7) is 4.81. The fourth-order valence-corrected chi connectivity index (χ4v) is 6.00. The molecule has 1 aromatic heterocycles. The molecule has 0 saturated carbocycles. The van der Waals surface area contributed by atoms with Gasteiger partial charge in [0.1, 0.15) is 15.9 Å². The minimum Gasteiger partial charge on any atom is -0.462 e. The van der Waals surface area contributed by atoms with Crippen molar-refractivity contribution in [3.8, 4) is 0 Å². The Morgan fingerprint density at radius 2 is 2.28 bits per heavy atom. The van der Waals surface area contributed by atoms with Crippen LogP contribution in [0, 0.1) is 0 Å². The molecule has 0 bridgehead atoms. The molecule has 1 atom stereocenters. The molecule has 2 aliphatic rings. The molecule has 2 aliphatic heterocycles. The number of amides is 1. The summed E-state index contributed by atoms with van der Waals surface area (Å²) in [5.74, 6) is 0.856. The molecule has 2 N–H and O–H groups in total. The second-order valence-corrected chi connectivity index (χ2v) is 9.31. The maximum Gasteiger partial charge on any atom is 0.341 e. The maximum absolute atomic E-state index is 12.4.